The molecule has 1 fully saturated rings. The van der Waals surface area contributed by atoms with Gasteiger partial charge in [-0.15, -0.1) is 0 Å². The van der Waals surface area contributed by atoms with Gasteiger partial charge in [0.15, 0.2) is 0 Å². The first kappa shape index (κ1) is 16.0. The lowest BCUT2D eigenvalue weighted by molar-refractivity contribution is 0.0651. The second-order valence-electron chi connectivity index (χ2n) is 6.23. The third-order valence-corrected chi connectivity index (χ3v) is 4.74. The minimum Gasteiger partial charge on any atom is -0.383 e. The fourth-order valence-electron chi connectivity index (χ4n) is 3.33. The molecule has 0 bridgehead atoms. The summed E-state index contributed by atoms with van der Waals surface area (Å²) < 4.78 is 7.37. The Morgan fingerprint density at radius 2 is 1.87 bits per heavy atom. The third-order valence-electron chi connectivity index (χ3n) is 4.74. The van der Waals surface area contributed by atoms with E-state index in [1.165, 1.54) is 0 Å². The van der Waals surface area contributed by atoms with Crippen LogP contribution in [-0.4, -0.2) is 67.2 Å². The largest absolute Gasteiger partial charge is 0.383 e. The van der Waals surface area contributed by atoms with Crippen molar-refractivity contribution >= 4 is 16.8 Å². The van der Waals surface area contributed by atoms with Crippen LogP contribution in [0.2, 0.25) is 0 Å². The van der Waals surface area contributed by atoms with Gasteiger partial charge < -0.3 is 19.1 Å². The molecule has 1 aliphatic heterocycles. The number of amides is 1. The molecule has 1 saturated heterocycles. The Morgan fingerprint density at radius 1 is 1.17 bits per heavy atom. The third kappa shape index (κ3) is 2.99. The number of hydrogen-bond donors (Lipinski definition) is 0. The number of piperazine rings is 1. The summed E-state index contributed by atoms with van der Waals surface area (Å²) >= 11 is 0. The molecule has 5 nitrogen and oxygen atoms in total. The van der Waals surface area contributed by atoms with Gasteiger partial charge in [-0.2, -0.15) is 0 Å². The molecule has 1 aliphatic rings. The number of carbonyl (C=O) groups is 1. The first-order chi connectivity index (χ1) is 11.1. The monoisotopic (exact) mass is 315 g/mol. The number of rotatable bonds is 4. The van der Waals surface area contributed by atoms with E-state index in [0.717, 1.165) is 48.3 Å². The Kier molecular flexibility index (Phi) is 4.68. The van der Waals surface area contributed by atoms with E-state index >= 15 is 0 Å². The first-order valence-electron chi connectivity index (χ1n) is 8.18. The number of benzene rings is 1. The van der Waals surface area contributed by atoms with Gasteiger partial charge in [-0.05, 0) is 25.6 Å². The van der Waals surface area contributed by atoms with E-state index in [2.05, 4.69) is 35.6 Å². The molecule has 2 aromatic rings. The van der Waals surface area contributed by atoms with Crippen molar-refractivity contribution in [1.82, 2.24) is 14.4 Å². The van der Waals surface area contributed by atoms with E-state index in [0.29, 0.717) is 13.2 Å². The molecule has 2 heterocycles. The van der Waals surface area contributed by atoms with Crippen molar-refractivity contribution in [3.63, 3.8) is 0 Å². The molecule has 23 heavy (non-hydrogen) atoms. The Morgan fingerprint density at radius 3 is 2.57 bits per heavy atom. The molecule has 1 amide bonds. The highest BCUT2D eigenvalue weighted by atomic mass is 16.5. The van der Waals surface area contributed by atoms with Gasteiger partial charge >= 0.3 is 0 Å². The van der Waals surface area contributed by atoms with Crippen LogP contribution in [0.5, 0.6) is 0 Å². The lowest BCUT2D eigenvalue weighted by Gasteiger charge is -2.32. The van der Waals surface area contributed by atoms with Crippen LogP contribution in [-0.2, 0) is 11.3 Å². The molecule has 5 heteroatoms. The van der Waals surface area contributed by atoms with Gasteiger partial charge in [0.2, 0.25) is 0 Å². The zero-order valence-corrected chi connectivity index (χ0v) is 14.2. The summed E-state index contributed by atoms with van der Waals surface area (Å²) in [5.74, 6) is 0.142. The number of para-hydroxylation sites is 1. The standard InChI is InChI=1S/C18H25N3O2/c1-14-15-6-4-5-7-16(15)21(12-13-23-3)17(14)18(22)20-10-8-19(2)9-11-20/h4-7H,8-13H2,1-3H3. The molecule has 0 atom stereocenters. The van der Waals surface area contributed by atoms with E-state index in [9.17, 15) is 4.79 Å². The van der Waals surface area contributed by atoms with Gasteiger partial charge in [0.25, 0.3) is 5.91 Å². The second kappa shape index (κ2) is 6.72. The van der Waals surface area contributed by atoms with Crippen LogP contribution in [0.3, 0.4) is 0 Å². The number of nitrogens with zero attached hydrogens (tertiary/aromatic N) is 3. The van der Waals surface area contributed by atoms with Gasteiger partial charge in [0.1, 0.15) is 5.69 Å². The van der Waals surface area contributed by atoms with Gasteiger partial charge in [0, 0.05) is 50.7 Å². The number of likely N-dealkylation sites (N-methyl/N-ethyl adjacent to an activating group) is 1. The Hall–Kier alpha value is -1.85. The SMILES string of the molecule is COCCn1c(C(=O)N2CCN(C)CC2)c(C)c2ccccc21. The summed E-state index contributed by atoms with van der Waals surface area (Å²) in [6.07, 6.45) is 0. The summed E-state index contributed by atoms with van der Waals surface area (Å²) in [4.78, 5) is 17.4. The number of methoxy groups -OCH3 is 1. The minimum absolute atomic E-state index is 0.142. The summed E-state index contributed by atoms with van der Waals surface area (Å²) in [5.41, 5.74) is 2.99. The van der Waals surface area contributed by atoms with E-state index in [1.54, 1.807) is 7.11 Å². The van der Waals surface area contributed by atoms with Crippen molar-refractivity contribution in [2.45, 2.75) is 13.5 Å². The van der Waals surface area contributed by atoms with Gasteiger partial charge in [0.05, 0.1) is 6.61 Å². The normalized spacial score (nSPS) is 16.2. The van der Waals surface area contributed by atoms with E-state index in [4.69, 9.17) is 4.74 Å². The van der Waals surface area contributed by atoms with Crippen LogP contribution in [0.15, 0.2) is 24.3 Å². The number of aryl methyl sites for hydroxylation is 1. The van der Waals surface area contributed by atoms with Crippen LogP contribution in [0.1, 0.15) is 16.1 Å². The van der Waals surface area contributed by atoms with Crippen molar-refractivity contribution in [2.24, 2.45) is 0 Å². The molecule has 0 saturated carbocycles. The van der Waals surface area contributed by atoms with E-state index in [1.807, 2.05) is 17.0 Å². The number of carbonyl (C=O) groups excluding carboxylic acids is 1. The lowest BCUT2D eigenvalue weighted by atomic mass is 10.1. The van der Waals surface area contributed by atoms with Crippen molar-refractivity contribution < 1.29 is 9.53 Å². The van der Waals surface area contributed by atoms with Crippen LogP contribution in [0.4, 0.5) is 0 Å². The molecule has 0 N–H and O–H groups in total. The number of fused-ring (bicyclic) bond motifs is 1. The fourth-order valence-corrected chi connectivity index (χ4v) is 3.33. The summed E-state index contributed by atoms with van der Waals surface area (Å²) in [5, 5.41) is 1.15. The van der Waals surface area contributed by atoms with Crippen molar-refractivity contribution in [3.8, 4) is 0 Å². The Bertz CT molecular complexity index is 700. The predicted molar refractivity (Wildman–Crippen MR) is 92.0 cm³/mol. The zero-order chi connectivity index (χ0) is 16.4. The van der Waals surface area contributed by atoms with Crippen LogP contribution >= 0.6 is 0 Å². The van der Waals surface area contributed by atoms with Crippen LogP contribution in [0, 0.1) is 6.92 Å². The first-order valence-corrected chi connectivity index (χ1v) is 8.18. The van der Waals surface area contributed by atoms with Crippen molar-refractivity contribution in [3.05, 3.63) is 35.5 Å². The maximum absolute atomic E-state index is 13.1. The molecule has 124 valence electrons. The number of ether oxygens (including phenoxy) is 1. The van der Waals surface area contributed by atoms with E-state index in [-0.39, 0.29) is 5.91 Å². The quantitative estimate of drug-likeness (QED) is 0.866. The average molecular weight is 315 g/mol. The molecule has 3 rings (SSSR count). The maximum Gasteiger partial charge on any atom is 0.270 e. The lowest BCUT2D eigenvalue weighted by Crippen LogP contribution is -2.47. The summed E-state index contributed by atoms with van der Waals surface area (Å²) in [6.45, 7) is 6.79. The fraction of sp³-hybridized carbons (Fsp3) is 0.500. The highest BCUT2D eigenvalue weighted by Gasteiger charge is 2.26. The van der Waals surface area contributed by atoms with Gasteiger partial charge in [-0.1, -0.05) is 18.2 Å². The highest BCUT2D eigenvalue weighted by Crippen LogP contribution is 2.27. The molecular weight excluding hydrogens is 290 g/mol. The zero-order valence-electron chi connectivity index (χ0n) is 14.2. The van der Waals surface area contributed by atoms with E-state index < -0.39 is 0 Å². The highest BCUT2D eigenvalue weighted by molar-refractivity contribution is 6.01. The topological polar surface area (TPSA) is 37.7 Å². The molecule has 0 radical (unpaired) electrons. The van der Waals surface area contributed by atoms with Crippen molar-refractivity contribution in [1.29, 1.82) is 0 Å². The Balaban J connectivity index is 2.01. The second-order valence-corrected chi connectivity index (χ2v) is 6.23. The maximum atomic E-state index is 13.1. The van der Waals surface area contributed by atoms with Crippen LogP contribution in [0.25, 0.3) is 10.9 Å². The predicted octanol–water partition coefficient (Wildman–Crippen LogP) is 1.98. The number of aromatic nitrogens is 1. The van der Waals surface area contributed by atoms with Crippen molar-refractivity contribution in [2.75, 3.05) is 46.9 Å². The Labute approximate surface area is 137 Å². The minimum atomic E-state index is 0.142. The smallest absolute Gasteiger partial charge is 0.270 e. The molecule has 1 aromatic carbocycles. The van der Waals surface area contributed by atoms with Crippen LogP contribution < -0.4 is 0 Å². The van der Waals surface area contributed by atoms with Gasteiger partial charge in [-0.3, -0.25) is 4.79 Å². The summed E-state index contributed by atoms with van der Waals surface area (Å²) in [7, 11) is 3.79. The molecule has 0 unspecified atom stereocenters. The molecular formula is C18H25N3O2. The molecule has 0 aliphatic carbocycles. The van der Waals surface area contributed by atoms with Gasteiger partial charge in [-0.25, -0.2) is 0 Å². The molecule has 0 spiro atoms. The number of hydrogen-bond acceptors (Lipinski definition) is 3. The summed E-state index contributed by atoms with van der Waals surface area (Å²) in [6, 6.07) is 8.22. The molecule has 1 aromatic heterocycles. The average Bonchev–Trinajstić information content (AvgIpc) is 2.85.